The summed E-state index contributed by atoms with van der Waals surface area (Å²) in [5.74, 6) is -1.18. The molecule has 0 amide bonds. The molecule has 0 spiro atoms. The fourth-order valence-electron chi connectivity index (χ4n) is 2.10. The van der Waals surface area contributed by atoms with E-state index in [0.29, 0.717) is 12.2 Å². The first-order valence-corrected chi connectivity index (χ1v) is 7.34. The number of anilines is 1. The Labute approximate surface area is 142 Å². The molecule has 1 N–H and O–H groups in total. The smallest absolute Gasteiger partial charge is 0.322 e. The normalized spacial score (nSPS) is 11.3. The third-order valence-electron chi connectivity index (χ3n) is 3.27. The standard InChI is InChI=1S/C17H14N4O4/c22-16(23)13-8-6-12(7-9-13)10-21-11-15(25-20-21)19-17(24)18-14-4-2-1-3-5-14/h1-9,11H,10H2,(H2-,18,19,20,22,23,24)/p-1. The van der Waals surface area contributed by atoms with Gasteiger partial charge >= 0.3 is 5.88 Å². The number of rotatable bonds is 5. The molecule has 25 heavy (non-hydrogen) atoms. The zero-order valence-electron chi connectivity index (χ0n) is 13.0. The van der Waals surface area contributed by atoms with Crippen molar-refractivity contribution in [3.8, 4) is 0 Å². The van der Waals surface area contributed by atoms with Crippen molar-refractivity contribution >= 4 is 23.6 Å². The number of para-hydroxylation sites is 1. The van der Waals surface area contributed by atoms with Crippen molar-refractivity contribution < 1.29 is 24.2 Å². The van der Waals surface area contributed by atoms with Crippen LogP contribution in [0, 0.1) is 0 Å². The Hall–Kier alpha value is -3.68. The highest BCUT2D eigenvalue weighted by atomic mass is 16.5. The van der Waals surface area contributed by atoms with Crippen molar-refractivity contribution in [2.45, 2.75) is 6.54 Å². The molecule has 1 heterocycles. The Morgan fingerprint density at radius 2 is 1.84 bits per heavy atom. The second kappa shape index (κ2) is 7.26. The zero-order chi connectivity index (χ0) is 17.6. The average Bonchev–Trinajstić information content (AvgIpc) is 3.03. The topological polar surface area (TPSA) is 117 Å². The number of aromatic carboxylic acids is 1. The summed E-state index contributed by atoms with van der Waals surface area (Å²) >= 11 is 0. The molecule has 0 saturated carbocycles. The first kappa shape index (κ1) is 16.2. The molecule has 2 aromatic carbocycles. The number of nitrogens with one attached hydrogen (secondary N) is 1. The van der Waals surface area contributed by atoms with Gasteiger partial charge in [-0.15, -0.1) is 0 Å². The fraction of sp³-hybridized carbons (Fsp3) is 0.0588. The van der Waals surface area contributed by atoms with E-state index < -0.39 is 12.0 Å². The number of hydrogen-bond acceptors (Lipinski definition) is 6. The fourth-order valence-corrected chi connectivity index (χ4v) is 2.10. The van der Waals surface area contributed by atoms with Crippen LogP contribution in [0.3, 0.4) is 0 Å². The molecule has 0 bridgehead atoms. The SMILES string of the molecule is O=C([O-])c1ccc(C[n+]2cc(N=C([O-])Nc3ccccc3)on2)cc1. The summed E-state index contributed by atoms with van der Waals surface area (Å²) in [5, 5.41) is 28.9. The molecule has 126 valence electrons. The maximum Gasteiger partial charge on any atom is 0.322 e. The highest BCUT2D eigenvalue weighted by Gasteiger charge is 2.11. The number of amidine groups is 1. The van der Waals surface area contributed by atoms with E-state index in [1.807, 2.05) is 6.07 Å². The molecule has 8 heteroatoms. The van der Waals surface area contributed by atoms with E-state index in [1.54, 1.807) is 36.4 Å². The van der Waals surface area contributed by atoms with Crippen LogP contribution in [0.1, 0.15) is 15.9 Å². The monoisotopic (exact) mass is 337 g/mol. The number of carboxylic acid groups (broad SMARTS) is 1. The van der Waals surface area contributed by atoms with Gasteiger partial charge in [-0.1, -0.05) is 42.5 Å². The molecule has 0 atom stereocenters. The first-order valence-electron chi connectivity index (χ1n) is 7.34. The van der Waals surface area contributed by atoms with Gasteiger partial charge in [0.1, 0.15) is 0 Å². The first-order chi connectivity index (χ1) is 12.1. The Bertz CT molecular complexity index is 889. The molecular formula is C17H13N4O4-. The van der Waals surface area contributed by atoms with E-state index in [-0.39, 0.29) is 11.4 Å². The number of nitrogens with zero attached hydrogens (tertiary/aromatic N) is 3. The lowest BCUT2D eigenvalue weighted by Crippen LogP contribution is -2.35. The number of carboxylic acids is 1. The van der Waals surface area contributed by atoms with Crippen LogP contribution in [-0.2, 0) is 6.54 Å². The van der Waals surface area contributed by atoms with Crippen molar-refractivity contribution in [1.82, 2.24) is 5.27 Å². The molecule has 0 aliphatic carbocycles. The van der Waals surface area contributed by atoms with Crippen LogP contribution in [0.2, 0.25) is 0 Å². The Kier molecular flexibility index (Phi) is 4.70. The number of hydrogen-bond donors (Lipinski definition) is 1. The van der Waals surface area contributed by atoms with E-state index in [0.717, 1.165) is 5.56 Å². The molecule has 0 unspecified atom stereocenters. The van der Waals surface area contributed by atoms with Gasteiger partial charge < -0.3 is 20.3 Å². The van der Waals surface area contributed by atoms with Gasteiger partial charge in [0.15, 0.2) is 0 Å². The van der Waals surface area contributed by atoms with Gasteiger partial charge in [0.25, 0.3) is 6.20 Å². The van der Waals surface area contributed by atoms with Gasteiger partial charge in [-0.3, -0.25) is 4.52 Å². The summed E-state index contributed by atoms with van der Waals surface area (Å²) in [5.41, 5.74) is 1.53. The van der Waals surface area contributed by atoms with Crippen LogP contribution in [0.25, 0.3) is 0 Å². The minimum atomic E-state index is -1.23. The van der Waals surface area contributed by atoms with Gasteiger partial charge in [-0.25, -0.2) is 4.99 Å². The number of benzene rings is 2. The summed E-state index contributed by atoms with van der Waals surface area (Å²) in [6, 6.07) is 14.5. The Morgan fingerprint density at radius 1 is 1.12 bits per heavy atom. The van der Waals surface area contributed by atoms with Gasteiger partial charge in [-0.2, -0.15) is 0 Å². The van der Waals surface area contributed by atoms with Crippen molar-refractivity contribution in [2.75, 3.05) is 5.32 Å². The number of carbonyl (C=O) groups is 1. The summed E-state index contributed by atoms with van der Waals surface area (Å²) < 4.78 is 6.44. The van der Waals surface area contributed by atoms with Crippen molar-refractivity contribution in [3.63, 3.8) is 0 Å². The third kappa shape index (κ3) is 4.41. The molecule has 1 aromatic heterocycles. The van der Waals surface area contributed by atoms with Crippen LogP contribution >= 0.6 is 0 Å². The predicted octanol–water partition coefficient (Wildman–Crippen LogP) is -0.166. The van der Waals surface area contributed by atoms with Crippen molar-refractivity contribution in [1.29, 1.82) is 0 Å². The van der Waals surface area contributed by atoms with Crippen LogP contribution in [-0.4, -0.2) is 17.3 Å². The van der Waals surface area contributed by atoms with Crippen LogP contribution < -0.4 is 20.2 Å². The highest BCUT2D eigenvalue weighted by Crippen LogP contribution is 2.09. The quantitative estimate of drug-likeness (QED) is 0.392. The molecule has 0 fully saturated rings. The third-order valence-corrected chi connectivity index (χ3v) is 3.27. The van der Waals surface area contributed by atoms with E-state index in [4.69, 9.17) is 4.52 Å². The maximum absolute atomic E-state index is 11.8. The predicted molar refractivity (Wildman–Crippen MR) is 83.7 cm³/mol. The summed E-state index contributed by atoms with van der Waals surface area (Å²) in [4.78, 5) is 14.5. The second-order valence-electron chi connectivity index (χ2n) is 5.13. The minimum absolute atomic E-state index is 0.0554. The molecule has 0 saturated heterocycles. The van der Waals surface area contributed by atoms with E-state index >= 15 is 0 Å². The zero-order valence-corrected chi connectivity index (χ0v) is 13.0. The summed E-state index contributed by atoms with van der Waals surface area (Å²) in [7, 11) is 0. The molecule has 8 nitrogen and oxygen atoms in total. The molecule has 3 rings (SSSR count). The van der Waals surface area contributed by atoms with E-state index in [1.165, 1.54) is 23.0 Å². The van der Waals surface area contributed by atoms with Gasteiger partial charge in [0.2, 0.25) is 11.8 Å². The van der Waals surface area contributed by atoms with E-state index in [2.05, 4.69) is 15.6 Å². The Balaban J connectivity index is 1.65. The van der Waals surface area contributed by atoms with Crippen LogP contribution in [0.4, 0.5) is 11.6 Å². The average molecular weight is 337 g/mol. The van der Waals surface area contributed by atoms with Crippen molar-refractivity contribution in [2.24, 2.45) is 4.99 Å². The summed E-state index contributed by atoms with van der Waals surface area (Å²) in [6.07, 6.45) is 1.47. The van der Waals surface area contributed by atoms with Gasteiger partial charge in [0, 0.05) is 11.3 Å². The maximum atomic E-state index is 11.8. The molecular weight excluding hydrogens is 324 g/mol. The highest BCUT2D eigenvalue weighted by molar-refractivity contribution is 5.87. The van der Waals surface area contributed by atoms with Crippen molar-refractivity contribution in [3.05, 3.63) is 71.9 Å². The Morgan fingerprint density at radius 3 is 2.52 bits per heavy atom. The lowest BCUT2D eigenvalue weighted by atomic mass is 10.1. The molecule has 0 radical (unpaired) electrons. The lowest BCUT2D eigenvalue weighted by Gasteiger charge is -2.11. The van der Waals surface area contributed by atoms with Gasteiger partial charge in [-0.05, 0) is 22.4 Å². The van der Waals surface area contributed by atoms with Crippen LogP contribution in [0.15, 0.2) is 70.3 Å². The van der Waals surface area contributed by atoms with Crippen LogP contribution in [0.5, 0.6) is 0 Å². The number of aromatic nitrogens is 2. The minimum Gasteiger partial charge on any atom is -0.846 e. The molecule has 0 aliphatic rings. The number of aliphatic imine (C=N–C) groups is 1. The summed E-state index contributed by atoms with van der Waals surface area (Å²) in [6.45, 7) is 0.340. The number of carbonyl (C=O) groups excluding carboxylic acids is 1. The van der Waals surface area contributed by atoms with Gasteiger partial charge in [0.05, 0.1) is 12.0 Å². The largest absolute Gasteiger partial charge is 0.846 e. The van der Waals surface area contributed by atoms with E-state index in [9.17, 15) is 15.0 Å². The lowest BCUT2D eigenvalue weighted by molar-refractivity contribution is -0.754. The second-order valence-corrected chi connectivity index (χ2v) is 5.13. The molecule has 3 aromatic rings. The molecule has 0 aliphatic heterocycles.